The topological polar surface area (TPSA) is 66.9 Å². The first kappa shape index (κ1) is 10.8. The minimum Gasteiger partial charge on any atom is -0.258 e. The highest BCUT2D eigenvalue weighted by molar-refractivity contribution is 6.37. The monoisotopic (exact) mass is 230 g/mol. The zero-order valence-electron chi connectivity index (χ0n) is 6.83. The second kappa shape index (κ2) is 4.27. The van der Waals surface area contributed by atoms with Crippen LogP contribution in [0.1, 0.15) is 5.56 Å². The van der Waals surface area contributed by atoms with Gasteiger partial charge in [0.05, 0.1) is 17.4 Å². The van der Waals surface area contributed by atoms with Crippen molar-refractivity contribution in [2.75, 3.05) is 0 Å². The molecule has 0 unspecified atom stereocenters. The van der Waals surface area contributed by atoms with Gasteiger partial charge in [-0.2, -0.15) is 5.26 Å². The molecule has 0 amide bonds. The lowest BCUT2D eigenvalue weighted by molar-refractivity contribution is -0.384. The summed E-state index contributed by atoms with van der Waals surface area (Å²) in [5, 5.41) is 19.1. The Morgan fingerprint density at radius 3 is 2.64 bits per heavy atom. The Hall–Kier alpha value is -1.31. The zero-order chi connectivity index (χ0) is 10.7. The molecule has 72 valence electrons. The number of nitro benzene ring substituents is 1. The first-order valence-electron chi connectivity index (χ1n) is 3.56. The van der Waals surface area contributed by atoms with E-state index in [2.05, 4.69) is 0 Å². The van der Waals surface area contributed by atoms with Crippen LogP contribution in [-0.4, -0.2) is 4.92 Å². The molecular formula is C8H4Cl2N2O2. The fourth-order valence-corrected chi connectivity index (χ4v) is 1.54. The Balaban J connectivity index is 3.35. The predicted octanol–water partition coefficient (Wildman–Crippen LogP) is 2.97. The molecule has 6 heteroatoms. The third-order valence-electron chi connectivity index (χ3n) is 1.62. The number of rotatable bonds is 2. The first-order chi connectivity index (χ1) is 6.57. The highest BCUT2D eigenvalue weighted by Crippen LogP contribution is 2.33. The smallest absolute Gasteiger partial charge is 0.258 e. The van der Waals surface area contributed by atoms with Gasteiger partial charge in [0.15, 0.2) is 0 Å². The summed E-state index contributed by atoms with van der Waals surface area (Å²) >= 11 is 11.4. The highest BCUT2D eigenvalue weighted by atomic mass is 35.5. The number of halogens is 2. The van der Waals surface area contributed by atoms with Gasteiger partial charge in [0.2, 0.25) is 0 Å². The van der Waals surface area contributed by atoms with Gasteiger partial charge < -0.3 is 0 Å². The standard InChI is InChI=1S/C8H4Cl2N2O2/c9-6-1-2-7(12(13)14)8(10)5(6)3-4-11/h1-2H,3H2. The molecule has 4 nitrogen and oxygen atoms in total. The van der Waals surface area contributed by atoms with E-state index in [1.807, 2.05) is 6.07 Å². The minimum atomic E-state index is -0.612. The molecule has 0 spiro atoms. The molecule has 0 N–H and O–H groups in total. The number of benzene rings is 1. The number of nitro groups is 1. The van der Waals surface area contributed by atoms with E-state index in [-0.39, 0.29) is 22.2 Å². The van der Waals surface area contributed by atoms with Crippen molar-refractivity contribution in [3.05, 3.63) is 37.9 Å². The summed E-state index contributed by atoms with van der Waals surface area (Å²) in [5.74, 6) is 0. The van der Waals surface area contributed by atoms with Crippen LogP contribution in [0.4, 0.5) is 5.69 Å². The third kappa shape index (κ3) is 1.95. The van der Waals surface area contributed by atoms with Gasteiger partial charge in [0.1, 0.15) is 5.02 Å². The summed E-state index contributed by atoms with van der Waals surface area (Å²) in [6, 6.07) is 4.41. The average Bonchev–Trinajstić information content (AvgIpc) is 2.11. The molecule has 0 aromatic heterocycles. The van der Waals surface area contributed by atoms with Gasteiger partial charge in [0, 0.05) is 16.7 Å². The van der Waals surface area contributed by atoms with E-state index in [1.54, 1.807) is 0 Å². The van der Waals surface area contributed by atoms with Crippen LogP contribution in [0.15, 0.2) is 12.1 Å². The van der Waals surface area contributed by atoms with Crippen LogP contribution in [0.2, 0.25) is 10.0 Å². The van der Waals surface area contributed by atoms with Crippen molar-refractivity contribution in [1.29, 1.82) is 5.26 Å². The molecule has 0 atom stereocenters. The van der Waals surface area contributed by atoms with Crippen LogP contribution in [0.5, 0.6) is 0 Å². The summed E-state index contributed by atoms with van der Waals surface area (Å²) in [5.41, 5.74) is 0.0614. The van der Waals surface area contributed by atoms with Gasteiger partial charge >= 0.3 is 0 Å². The van der Waals surface area contributed by atoms with Gasteiger partial charge in [-0.3, -0.25) is 10.1 Å². The van der Waals surface area contributed by atoms with E-state index in [4.69, 9.17) is 28.5 Å². The number of nitriles is 1. The van der Waals surface area contributed by atoms with Gasteiger partial charge in [0.25, 0.3) is 5.69 Å². The molecule has 14 heavy (non-hydrogen) atoms. The minimum absolute atomic E-state index is 0.0423. The van der Waals surface area contributed by atoms with Gasteiger partial charge in [-0.1, -0.05) is 23.2 Å². The molecule has 0 saturated carbocycles. The quantitative estimate of drug-likeness (QED) is 0.580. The fourth-order valence-electron chi connectivity index (χ4n) is 0.967. The molecular weight excluding hydrogens is 227 g/mol. The van der Waals surface area contributed by atoms with E-state index in [1.165, 1.54) is 12.1 Å². The van der Waals surface area contributed by atoms with E-state index in [9.17, 15) is 10.1 Å². The lowest BCUT2D eigenvalue weighted by atomic mass is 10.1. The predicted molar refractivity (Wildman–Crippen MR) is 52.4 cm³/mol. The highest BCUT2D eigenvalue weighted by Gasteiger charge is 2.17. The Kier molecular flexibility index (Phi) is 3.28. The van der Waals surface area contributed by atoms with Crippen molar-refractivity contribution >= 4 is 28.9 Å². The van der Waals surface area contributed by atoms with Crippen molar-refractivity contribution < 1.29 is 4.92 Å². The molecule has 0 bridgehead atoms. The second-order valence-electron chi connectivity index (χ2n) is 2.45. The van der Waals surface area contributed by atoms with Crippen LogP contribution in [0.25, 0.3) is 0 Å². The first-order valence-corrected chi connectivity index (χ1v) is 4.31. The summed E-state index contributed by atoms with van der Waals surface area (Å²) in [6.45, 7) is 0. The third-order valence-corrected chi connectivity index (χ3v) is 2.39. The Morgan fingerprint density at radius 2 is 2.14 bits per heavy atom. The lowest BCUT2D eigenvalue weighted by Gasteiger charge is -2.02. The Bertz CT molecular complexity index is 426. The summed E-state index contributed by atoms with van der Waals surface area (Å²) in [7, 11) is 0. The molecule has 0 fully saturated rings. The van der Waals surface area contributed by atoms with Crippen molar-refractivity contribution in [1.82, 2.24) is 0 Å². The molecule has 0 aliphatic rings. The summed E-state index contributed by atoms with van der Waals surface area (Å²) in [4.78, 5) is 9.87. The maximum atomic E-state index is 10.5. The second-order valence-corrected chi connectivity index (χ2v) is 3.24. The van der Waals surface area contributed by atoms with E-state index in [0.717, 1.165) is 0 Å². The molecule has 0 aliphatic carbocycles. The number of hydrogen-bond acceptors (Lipinski definition) is 3. The van der Waals surface area contributed by atoms with Crippen LogP contribution < -0.4 is 0 Å². The van der Waals surface area contributed by atoms with Crippen molar-refractivity contribution in [2.24, 2.45) is 0 Å². The maximum absolute atomic E-state index is 10.5. The van der Waals surface area contributed by atoms with Crippen molar-refractivity contribution in [2.45, 2.75) is 6.42 Å². The maximum Gasteiger partial charge on any atom is 0.288 e. The normalized spacial score (nSPS) is 9.50. The Labute approximate surface area is 89.8 Å². The van der Waals surface area contributed by atoms with E-state index in [0.29, 0.717) is 5.56 Å². The fraction of sp³-hybridized carbons (Fsp3) is 0.125. The average molecular weight is 231 g/mol. The van der Waals surface area contributed by atoms with Gasteiger partial charge in [-0.05, 0) is 6.07 Å². The van der Waals surface area contributed by atoms with Crippen LogP contribution in [-0.2, 0) is 6.42 Å². The van der Waals surface area contributed by atoms with Gasteiger partial charge in [-0.25, -0.2) is 0 Å². The summed E-state index contributed by atoms with van der Waals surface area (Å²) < 4.78 is 0. The molecule has 0 radical (unpaired) electrons. The zero-order valence-corrected chi connectivity index (χ0v) is 8.34. The van der Waals surface area contributed by atoms with Crippen LogP contribution in [0, 0.1) is 21.4 Å². The molecule has 1 aromatic carbocycles. The number of hydrogen-bond donors (Lipinski definition) is 0. The molecule has 0 saturated heterocycles. The van der Waals surface area contributed by atoms with Crippen LogP contribution in [0.3, 0.4) is 0 Å². The Morgan fingerprint density at radius 1 is 1.50 bits per heavy atom. The van der Waals surface area contributed by atoms with E-state index < -0.39 is 4.92 Å². The molecule has 0 heterocycles. The molecule has 1 aromatic rings. The molecule has 1 rings (SSSR count). The van der Waals surface area contributed by atoms with Gasteiger partial charge in [-0.15, -0.1) is 0 Å². The van der Waals surface area contributed by atoms with E-state index >= 15 is 0 Å². The lowest BCUT2D eigenvalue weighted by Crippen LogP contribution is -1.93. The largest absolute Gasteiger partial charge is 0.288 e. The SMILES string of the molecule is N#CCc1c(Cl)ccc([N+](=O)[O-])c1Cl. The summed E-state index contributed by atoms with van der Waals surface area (Å²) in [6.07, 6.45) is -0.0423. The van der Waals surface area contributed by atoms with Crippen molar-refractivity contribution in [3.63, 3.8) is 0 Å². The molecule has 0 aliphatic heterocycles. The number of nitrogens with zero attached hydrogens (tertiary/aromatic N) is 2. The van der Waals surface area contributed by atoms with Crippen LogP contribution >= 0.6 is 23.2 Å². The van der Waals surface area contributed by atoms with Crippen molar-refractivity contribution in [3.8, 4) is 6.07 Å².